The fourth-order valence-corrected chi connectivity index (χ4v) is 5.89. The van der Waals surface area contributed by atoms with Gasteiger partial charge in [-0.15, -0.1) is 0 Å². The summed E-state index contributed by atoms with van der Waals surface area (Å²) >= 11 is 0. The number of aryl methyl sites for hydroxylation is 1. The van der Waals surface area contributed by atoms with Crippen molar-refractivity contribution in [3.63, 3.8) is 0 Å². The molecular weight excluding hydrogens is 468 g/mol. The van der Waals surface area contributed by atoms with Crippen LogP contribution in [-0.4, -0.2) is 0 Å². The van der Waals surface area contributed by atoms with Gasteiger partial charge in [-0.25, -0.2) is 0 Å². The van der Waals surface area contributed by atoms with E-state index in [0.717, 1.165) is 0 Å². The maximum Gasteiger partial charge on any atom is -0.00141 e. The van der Waals surface area contributed by atoms with Crippen LogP contribution in [0.3, 0.4) is 0 Å². The van der Waals surface area contributed by atoms with Gasteiger partial charge >= 0.3 is 0 Å². The van der Waals surface area contributed by atoms with Crippen molar-refractivity contribution in [3.05, 3.63) is 157 Å². The fraction of sp³-hybridized carbons (Fsp3) is 0.0256. The van der Waals surface area contributed by atoms with E-state index in [1.807, 2.05) is 0 Å². The van der Waals surface area contributed by atoms with Crippen molar-refractivity contribution in [1.82, 2.24) is 0 Å². The van der Waals surface area contributed by atoms with E-state index in [0.29, 0.717) is 0 Å². The van der Waals surface area contributed by atoms with Gasteiger partial charge in [-0.2, -0.15) is 0 Å². The van der Waals surface area contributed by atoms with Gasteiger partial charge in [0, 0.05) is 0 Å². The molecule has 0 saturated heterocycles. The molecule has 0 heterocycles. The van der Waals surface area contributed by atoms with Crippen LogP contribution in [0.5, 0.6) is 0 Å². The summed E-state index contributed by atoms with van der Waals surface area (Å²) in [6.45, 7) is 2.15. The van der Waals surface area contributed by atoms with Crippen molar-refractivity contribution in [1.29, 1.82) is 0 Å². The Morgan fingerprint density at radius 2 is 0.641 bits per heavy atom. The van der Waals surface area contributed by atoms with Crippen LogP contribution in [0.25, 0.3) is 66.1 Å². The molecule has 0 aromatic heterocycles. The molecule has 0 radical (unpaired) electrons. The van der Waals surface area contributed by atoms with Gasteiger partial charge in [0.05, 0.1) is 0 Å². The van der Waals surface area contributed by atoms with Crippen molar-refractivity contribution in [2.24, 2.45) is 0 Å². The van der Waals surface area contributed by atoms with E-state index in [-0.39, 0.29) is 0 Å². The van der Waals surface area contributed by atoms with Crippen molar-refractivity contribution in [2.75, 3.05) is 0 Å². The summed E-state index contributed by atoms with van der Waals surface area (Å²) in [6.07, 6.45) is 0. The first-order valence-electron chi connectivity index (χ1n) is 13.5. The number of fused-ring (bicyclic) bond motifs is 2. The minimum Gasteiger partial charge on any atom is -0.0622 e. The molecule has 0 nitrogen and oxygen atoms in total. The predicted octanol–water partition coefficient (Wildman–Crippen LogP) is 11.0. The van der Waals surface area contributed by atoms with Gasteiger partial charge in [0.2, 0.25) is 0 Å². The van der Waals surface area contributed by atoms with Crippen molar-refractivity contribution < 1.29 is 0 Å². The average Bonchev–Trinajstić information content (AvgIpc) is 3.01. The summed E-state index contributed by atoms with van der Waals surface area (Å²) < 4.78 is 0. The topological polar surface area (TPSA) is 0 Å². The molecule has 0 unspecified atom stereocenters. The van der Waals surface area contributed by atoms with E-state index in [1.165, 1.54) is 71.6 Å². The molecule has 0 spiro atoms. The second kappa shape index (κ2) is 9.74. The van der Waals surface area contributed by atoms with Crippen LogP contribution in [0.15, 0.2) is 152 Å². The maximum atomic E-state index is 2.40. The molecule has 0 fully saturated rings. The van der Waals surface area contributed by atoms with E-state index in [2.05, 4.69) is 159 Å². The van der Waals surface area contributed by atoms with Crippen molar-refractivity contribution in [3.8, 4) is 44.5 Å². The number of hydrogen-bond donors (Lipinski definition) is 0. The Hall–Kier alpha value is -4.94. The monoisotopic (exact) mass is 496 g/mol. The first-order valence-corrected chi connectivity index (χ1v) is 13.5. The third-order valence-electron chi connectivity index (χ3n) is 7.70. The van der Waals surface area contributed by atoms with E-state index >= 15 is 0 Å². The molecule has 0 bridgehead atoms. The van der Waals surface area contributed by atoms with Gasteiger partial charge in [-0.1, -0.05) is 145 Å². The molecule has 0 aliphatic carbocycles. The largest absolute Gasteiger partial charge is 0.0622 e. The number of hydrogen-bond acceptors (Lipinski definition) is 0. The van der Waals surface area contributed by atoms with Crippen molar-refractivity contribution in [2.45, 2.75) is 6.92 Å². The van der Waals surface area contributed by atoms with Crippen LogP contribution in [0, 0.1) is 6.92 Å². The van der Waals surface area contributed by atoms with E-state index in [1.54, 1.807) is 0 Å². The zero-order chi connectivity index (χ0) is 26.2. The lowest BCUT2D eigenvalue weighted by Gasteiger charge is -2.24. The molecular formula is C39H28. The maximum absolute atomic E-state index is 2.40. The Labute approximate surface area is 229 Å². The second-order valence-electron chi connectivity index (χ2n) is 10.2. The highest BCUT2D eigenvalue weighted by atomic mass is 14.3. The summed E-state index contributed by atoms with van der Waals surface area (Å²) in [7, 11) is 0. The quantitative estimate of drug-likeness (QED) is 0.213. The molecule has 39 heavy (non-hydrogen) atoms. The molecule has 184 valence electrons. The third-order valence-corrected chi connectivity index (χ3v) is 7.70. The minimum absolute atomic E-state index is 1.22. The van der Waals surface area contributed by atoms with Crippen molar-refractivity contribution >= 4 is 21.5 Å². The molecule has 7 rings (SSSR count). The van der Waals surface area contributed by atoms with Gasteiger partial charge in [-0.05, 0) is 85.1 Å². The van der Waals surface area contributed by atoms with Crippen LogP contribution in [-0.2, 0) is 0 Å². The molecule has 7 aromatic rings. The Morgan fingerprint density at radius 1 is 0.308 bits per heavy atom. The summed E-state index contributed by atoms with van der Waals surface area (Å²) in [5, 5.41) is 5.05. The predicted molar refractivity (Wildman–Crippen MR) is 168 cm³/mol. The lowest BCUT2D eigenvalue weighted by atomic mass is 9.78. The molecule has 7 aromatic carbocycles. The number of benzene rings is 7. The minimum atomic E-state index is 1.22. The molecule has 0 atom stereocenters. The summed E-state index contributed by atoms with van der Waals surface area (Å²) in [4.78, 5) is 0. The van der Waals surface area contributed by atoms with Gasteiger partial charge < -0.3 is 0 Å². The Balaban J connectivity index is 1.78. The fourth-order valence-electron chi connectivity index (χ4n) is 5.89. The summed E-state index contributed by atoms with van der Waals surface area (Å²) in [5.41, 5.74) is 11.3. The third kappa shape index (κ3) is 4.11. The highest BCUT2D eigenvalue weighted by Crippen LogP contribution is 2.51. The van der Waals surface area contributed by atoms with Crippen LogP contribution in [0.4, 0.5) is 0 Å². The highest BCUT2D eigenvalue weighted by Gasteiger charge is 2.24. The molecule has 0 heteroatoms. The Kier molecular flexibility index (Phi) is 5.79. The smallest absolute Gasteiger partial charge is 0.00141 e. The molecule has 0 aliphatic heterocycles. The van der Waals surface area contributed by atoms with Gasteiger partial charge in [0.15, 0.2) is 0 Å². The average molecular weight is 497 g/mol. The molecule has 0 saturated carbocycles. The van der Waals surface area contributed by atoms with Crippen LogP contribution in [0.1, 0.15) is 5.56 Å². The summed E-state index contributed by atoms with van der Waals surface area (Å²) in [6, 6.07) is 55.2. The van der Waals surface area contributed by atoms with Gasteiger partial charge in [0.1, 0.15) is 0 Å². The SMILES string of the molecule is Cc1ccc(-c2c(-c3ccccc3)c(-c3ccccc3)c(-c3ccccc3)c3cc4ccccc4cc23)cc1. The van der Waals surface area contributed by atoms with Gasteiger partial charge in [0.25, 0.3) is 0 Å². The highest BCUT2D eigenvalue weighted by molar-refractivity contribution is 6.20. The Morgan fingerprint density at radius 3 is 1.05 bits per heavy atom. The molecule has 0 amide bonds. The first kappa shape index (κ1) is 23.2. The zero-order valence-electron chi connectivity index (χ0n) is 21.9. The second-order valence-corrected chi connectivity index (χ2v) is 10.2. The Bertz CT molecular complexity index is 1920. The van der Waals surface area contributed by atoms with Gasteiger partial charge in [-0.3, -0.25) is 0 Å². The number of rotatable bonds is 4. The summed E-state index contributed by atoms with van der Waals surface area (Å²) in [5.74, 6) is 0. The zero-order valence-corrected chi connectivity index (χ0v) is 21.9. The standard InChI is InChI=1S/C39H28/c1-27-21-23-31(24-22-27)37-35-26-33-20-12-11-19-32(33)25-34(35)36(28-13-5-2-6-14-28)38(29-15-7-3-8-16-29)39(37)30-17-9-4-10-18-30/h2-26H,1H3. The van der Waals surface area contributed by atoms with E-state index in [4.69, 9.17) is 0 Å². The van der Waals surface area contributed by atoms with Crippen LogP contribution in [0.2, 0.25) is 0 Å². The van der Waals surface area contributed by atoms with Crippen LogP contribution >= 0.6 is 0 Å². The molecule has 0 N–H and O–H groups in total. The molecule has 0 aliphatic rings. The van der Waals surface area contributed by atoms with E-state index < -0.39 is 0 Å². The lowest BCUT2D eigenvalue weighted by Crippen LogP contribution is -1.97. The normalized spacial score (nSPS) is 11.2. The van der Waals surface area contributed by atoms with E-state index in [9.17, 15) is 0 Å². The van der Waals surface area contributed by atoms with Crippen LogP contribution < -0.4 is 0 Å². The first-order chi connectivity index (χ1) is 19.3. The lowest BCUT2D eigenvalue weighted by molar-refractivity contribution is 1.47.